The molecule has 1 aliphatic carbocycles. The maximum Gasteiger partial charge on any atom is 0.235 e. The molecule has 0 atom stereocenters. The van der Waals surface area contributed by atoms with E-state index in [1.165, 1.54) is 13.0 Å². The van der Waals surface area contributed by atoms with E-state index < -0.39 is 5.41 Å². The van der Waals surface area contributed by atoms with E-state index in [0.717, 1.165) is 6.42 Å². The quantitative estimate of drug-likeness (QED) is 0.897. The van der Waals surface area contributed by atoms with E-state index in [1.54, 1.807) is 42.5 Å². The van der Waals surface area contributed by atoms with Crippen LogP contribution in [0.1, 0.15) is 31.7 Å². The highest BCUT2D eigenvalue weighted by Gasteiger charge is 2.47. The minimum absolute atomic E-state index is 0.180. The summed E-state index contributed by atoms with van der Waals surface area (Å²) in [7, 11) is 0. The zero-order valence-electron chi connectivity index (χ0n) is 13.4. The van der Waals surface area contributed by atoms with Crippen molar-refractivity contribution in [2.75, 3.05) is 10.6 Å². The number of hydrogen-bond acceptors (Lipinski definition) is 2. The normalized spacial score (nSPS) is 15.2. The third kappa shape index (κ3) is 3.02. The number of halogens is 1. The number of rotatable bonds is 4. The Hall–Kier alpha value is -2.69. The van der Waals surface area contributed by atoms with Gasteiger partial charge in [-0.05, 0) is 37.1 Å². The van der Waals surface area contributed by atoms with E-state index in [-0.39, 0.29) is 17.6 Å². The van der Waals surface area contributed by atoms with Crippen LogP contribution in [0.5, 0.6) is 0 Å². The van der Waals surface area contributed by atoms with Gasteiger partial charge in [0.15, 0.2) is 0 Å². The van der Waals surface area contributed by atoms with Gasteiger partial charge in [0, 0.05) is 23.9 Å². The van der Waals surface area contributed by atoms with Crippen molar-refractivity contribution in [2.45, 2.75) is 31.6 Å². The number of benzene rings is 2. The lowest BCUT2D eigenvalue weighted by molar-refractivity contribution is -0.124. The molecule has 0 unspecified atom stereocenters. The molecule has 124 valence electrons. The fraction of sp³-hybridized carbons (Fsp3) is 0.263. The van der Waals surface area contributed by atoms with Gasteiger partial charge in [0.25, 0.3) is 0 Å². The first-order chi connectivity index (χ1) is 11.5. The summed E-state index contributed by atoms with van der Waals surface area (Å²) in [6, 6.07) is 13.4. The van der Waals surface area contributed by atoms with Gasteiger partial charge in [0.05, 0.1) is 5.41 Å². The summed E-state index contributed by atoms with van der Waals surface area (Å²) in [6.45, 7) is 1.42. The van der Waals surface area contributed by atoms with Gasteiger partial charge >= 0.3 is 0 Å². The first kappa shape index (κ1) is 16.2. The van der Waals surface area contributed by atoms with Gasteiger partial charge in [-0.2, -0.15) is 0 Å². The van der Waals surface area contributed by atoms with Crippen molar-refractivity contribution in [3.8, 4) is 0 Å². The van der Waals surface area contributed by atoms with E-state index in [9.17, 15) is 14.0 Å². The number of amides is 2. The molecule has 1 saturated carbocycles. The highest BCUT2D eigenvalue weighted by Crippen LogP contribution is 2.45. The highest BCUT2D eigenvalue weighted by molar-refractivity contribution is 6.00. The van der Waals surface area contributed by atoms with Gasteiger partial charge in [-0.15, -0.1) is 0 Å². The Morgan fingerprint density at radius 2 is 1.67 bits per heavy atom. The minimum atomic E-state index is -0.810. The summed E-state index contributed by atoms with van der Waals surface area (Å²) in [5.74, 6) is -0.738. The molecule has 2 aromatic carbocycles. The number of anilines is 2. The summed E-state index contributed by atoms with van der Waals surface area (Å²) in [5.41, 5.74) is 0.824. The third-order valence-corrected chi connectivity index (χ3v) is 4.47. The second-order valence-corrected chi connectivity index (χ2v) is 6.13. The molecule has 2 N–H and O–H groups in total. The van der Waals surface area contributed by atoms with Crippen LogP contribution in [0.2, 0.25) is 0 Å². The van der Waals surface area contributed by atoms with E-state index in [2.05, 4.69) is 10.6 Å². The Balaban J connectivity index is 1.84. The largest absolute Gasteiger partial charge is 0.326 e. The van der Waals surface area contributed by atoms with Crippen molar-refractivity contribution in [2.24, 2.45) is 0 Å². The maximum absolute atomic E-state index is 14.2. The lowest BCUT2D eigenvalue weighted by Crippen LogP contribution is -2.46. The molecule has 0 radical (unpaired) electrons. The van der Waals surface area contributed by atoms with E-state index >= 15 is 0 Å². The van der Waals surface area contributed by atoms with Crippen LogP contribution in [-0.2, 0) is 15.0 Å². The van der Waals surface area contributed by atoms with E-state index in [1.807, 2.05) is 0 Å². The maximum atomic E-state index is 14.2. The molecule has 1 fully saturated rings. The summed E-state index contributed by atoms with van der Waals surface area (Å²) in [5, 5.41) is 5.54. The lowest BCUT2D eigenvalue weighted by atomic mass is 9.63. The molecule has 1 aliphatic rings. The predicted molar refractivity (Wildman–Crippen MR) is 91.3 cm³/mol. The lowest BCUT2D eigenvalue weighted by Gasteiger charge is -2.40. The standard InChI is InChI=1S/C19H19FN2O2/c1-13(23)21-14-6-4-7-15(12-14)22-18(24)19(10-5-11-19)16-8-2-3-9-17(16)20/h2-4,6-9,12H,5,10-11H2,1H3,(H,21,23)(H,22,24). The Morgan fingerprint density at radius 1 is 1.00 bits per heavy atom. The molecule has 0 heterocycles. The van der Waals surface area contributed by atoms with Crippen molar-refractivity contribution < 1.29 is 14.0 Å². The molecule has 2 aromatic rings. The molecule has 4 nitrogen and oxygen atoms in total. The van der Waals surface area contributed by atoms with Gasteiger partial charge < -0.3 is 10.6 Å². The fourth-order valence-corrected chi connectivity index (χ4v) is 3.13. The number of carbonyl (C=O) groups is 2. The van der Waals surface area contributed by atoms with Crippen LogP contribution < -0.4 is 10.6 Å². The topological polar surface area (TPSA) is 58.2 Å². The summed E-state index contributed by atoms with van der Waals surface area (Å²) < 4.78 is 14.2. The Labute approximate surface area is 140 Å². The number of hydrogen-bond donors (Lipinski definition) is 2. The first-order valence-corrected chi connectivity index (χ1v) is 7.95. The van der Waals surface area contributed by atoms with Gasteiger partial charge in [-0.25, -0.2) is 4.39 Å². The van der Waals surface area contributed by atoms with Gasteiger partial charge in [-0.1, -0.05) is 30.7 Å². The first-order valence-electron chi connectivity index (χ1n) is 7.95. The van der Waals surface area contributed by atoms with Crippen LogP contribution in [0.4, 0.5) is 15.8 Å². The minimum Gasteiger partial charge on any atom is -0.326 e. The monoisotopic (exact) mass is 326 g/mol. The van der Waals surface area contributed by atoms with Crippen LogP contribution in [-0.4, -0.2) is 11.8 Å². The Bertz CT molecular complexity index is 784. The van der Waals surface area contributed by atoms with E-state index in [0.29, 0.717) is 29.8 Å². The highest BCUT2D eigenvalue weighted by atomic mass is 19.1. The van der Waals surface area contributed by atoms with Crippen LogP contribution in [0.3, 0.4) is 0 Å². The van der Waals surface area contributed by atoms with Crippen molar-refractivity contribution in [3.63, 3.8) is 0 Å². The predicted octanol–water partition coefficient (Wildman–Crippen LogP) is 3.84. The molecule has 0 saturated heterocycles. The molecule has 0 aromatic heterocycles. The molecule has 24 heavy (non-hydrogen) atoms. The molecule has 2 amide bonds. The van der Waals surface area contributed by atoms with E-state index in [4.69, 9.17) is 0 Å². The smallest absolute Gasteiger partial charge is 0.235 e. The van der Waals surface area contributed by atoms with Crippen molar-refractivity contribution in [1.82, 2.24) is 0 Å². The average molecular weight is 326 g/mol. The van der Waals surface area contributed by atoms with Gasteiger partial charge in [0.1, 0.15) is 5.82 Å². The zero-order valence-corrected chi connectivity index (χ0v) is 13.4. The molecular formula is C19H19FN2O2. The average Bonchev–Trinajstić information content (AvgIpc) is 2.47. The molecule has 0 bridgehead atoms. The molecule has 0 aliphatic heterocycles. The molecular weight excluding hydrogens is 307 g/mol. The SMILES string of the molecule is CC(=O)Nc1cccc(NC(=O)C2(c3ccccc3F)CCC2)c1. The second-order valence-electron chi connectivity index (χ2n) is 6.13. The van der Waals surface area contributed by atoms with Crippen molar-refractivity contribution >= 4 is 23.2 Å². The van der Waals surface area contributed by atoms with Gasteiger partial charge in [0.2, 0.25) is 11.8 Å². The zero-order chi connectivity index (χ0) is 17.2. The number of carbonyl (C=O) groups excluding carboxylic acids is 2. The van der Waals surface area contributed by atoms with Crippen molar-refractivity contribution in [3.05, 3.63) is 59.9 Å². The summed E-state index contributed by atoms with van der Waals surface area (Å²) >= 11 is 0. The Kier molecular flexibility index (Phi) is 4.34. The molecule has 0 spiro atoms. The van der Waals surface area contributed by atoms with Crippen LogP contribution in [0.25, 0.3) is 0 Å². The Morgan fingerprint density at radius 3 is 2.25 bits per heavy atom. The number of nitrogens with one attached hydrogen (secondary N) is 2. The van der Waals surface area contributed by atoms with Crippen LogP contribution in [0, 0.1) is 5.82 Å². The van der Waals surface area contributed by atoms with Gasteiger partial charge in [-0.3, -0.25) is 9.59 Å². The van der Waals surface area contributed by atoms with Crippen molar-refractivity contribution in [1.29, 1.82) is 0 Å². The van der Waals surface area contributed by atoms with Crippen LogP contribution in [0.15, 0.2) is 48.5 Å². The fourth-order valence-electron chi connectivity index (χ4n) is 3.13. The molecule has 5 heteroatoms. The summed E-state index contributed by atoms with van der Waals surface area (Å²) in [6.07, 6.45) is 2.16. The second kappa shape index (κ2) is 6.43. The van der Waals surface area contributed by atoms with Crippen LogP contribution >= 0.6 is 0 Å². The third-order valence-electron chi connectivity index (χ3n) is 4.47. The summed E-state index contributed by atoms with van der Waals surface area (Å²) in [4.78, 5) is 24.0. The molecule has 3 rings (SSSR count).